The fourth-order valence-corrected chi connectivity index (χ4v) is 0.603. The largest absolute Gasteiger partial charge is 0.465 e. The van der Waals surface area contributed by atoms with Gasteiger partial charge in [-0.3, -0.25) is 0 Å². The van der Waals surface area contributed by atoms with E-state index in [4.69, 9.17) is 9.84 Å². The molecule has 0 heterocycles. The maximum atomic E-state index is 10.3. The first kappa shape index (κ1) is 11.5. The highest BCUT2D eigenvalue weighted by Gasteiger charge is 2.02. The number of carboxylic acid groups (broad SMARTS) is 1. The minimum atomic E-state index is -0.946. The van der Waals surface area contributed by atoms with Crippen molar-refractivity contribution in [1.82, 2.24) is 4.90 Å². The summed E-state index contributed by atoms with van der Waals surface area (Å²) in [6.07, 6.45) is -0.946. The van der Waals surface area contributed by atoms with Crippen LogP contribution in [0.2, 0.25) is 0 Å². The van der Waals surface area contributed by atoms with Crippen molar-refractivity contribution in [2.24, 2.45) is 0 Å². The molecule has 0 aliphatic heterocycles. The number of rotatable bonds is 4. The van der Waals surface area contributed by atoms with E-state index in [9.17, 15) is 4.79 Å². The van der Waals surface area contributed by atoms with Gasteiger partial charge in [-0.1, -0.05) is 5.92 Å². The van der Waals surface area contributed by atoms with E-state index in [0.29, 0.717) is 19.8 Å². The molecule has 0 bridgehead atoms. The van der Waals surface area contributed by atoms with Crippen LogP contribution in [-0.4, -0.2) is 42.9 Å². The Bertz CT molecular complexity index is 197. The predicted octanol–water partition coefficient (Wildman–Crippen LogP) is 1.01. The summed E-state index contributed by atoms with van der Waals surface area (Å²) in [5.74, 6) is 2.70. The third kappa shape index (κ3) is 6.24. The van der Waals surface area contributed by atoms with Crippen LogP contribution in [0.5, 0.6) is 0 Å². The summed E-state index contributed by atoms with van der Waals surface area (Å²) in [6, 6.07) is 0. The van der Waals surface area contributed by atoms with Crippen LogP contribution in [0.1, 0.15) is 0 Å². The van der Waals surface area contributed by atoms with Gasteiger partial charge in [0.1, 0.15) is 6.61 Å². The molecule has 0 atom stereocenters. The SMILES string of the molecule is CN(CCOCC#CI)C(=O)O. The van der Waals surface area contributed by atoms with Crippen molar-refractivity contribution in [3.63, 3.8) is 0 Å². The Hall–Kier alpha value is -0.480. The second kappa shape index (κ2) is 7.18. The van der Waals surface area contributed by atoms with Crippen molar-refractivity contribution in [2.45, 2.75) is 0 Å². The van der Waals surface area contributed by atoms with Crippen molar-refractivity contribution in [3.05, 3.63) is 0 Å². The summed E-state index contributed by atoms with van der Waals surface area (Å²) in [5.41, 5.74) is 0. The Kier molecular flexibility index (Phi) is 6.90. The third-order valence-electron chi connectivity index (χ3n) is 1.14. The van der Waals surface area contributed by atoms with Crippen LogP contribution in [0.15, 0.2) is 0 Å². The van der Waals surface area contributed by atoms with Gasteiger partial charge in [-0.15, -0.1) is 0 Å². The highest BCUT2D eigenvalue weighted by atomic mass is 127. The van der Waals surface area contributed by atoms with Gasteiger partial charge in [-0.2, -0.15) is 0 Å². The first-order valence-corrected chi connectivity index (χ1v) is 4.36. The maximum absolute atomic E-state index is 10.3. The molecule has 0 aliphatic rings. The highest BCUT2D eigenvalue weighted by Crippen LogP contribution is 1.83. The van der Waals surface area contributed by atoms with Crippen molar-refractivity contribution in [2.75, 3.05) is 26.8 Å². The number of hydrogen-bond acceptors (Lipinski definition) is 2. The fraction of sp³-hybridized carbons (Fsp3) is 0.571. The zero-order valence-electron chi connectivity index (χ0n) is 6.71. The molecule has 0 fully saturated rings. The molecule has 12 heavy (non-hydrogen) atoms. The van der Waals surface area contributed by atoms with Crippen LogP contribution in [0.3, 0.4) is 0 Å². The number of halogens is 1. The molecule has 0 radical (unpaired) electrons. The van der Waals surface area contributed by atoms with Gasteiger partial charge in [0.15, 0.2) is 0 Å². The van der Waals surface area contributed by atoms with Crippen molar-refractivity contribution < 1.29 is 14.6 Å². The molecule has 5 heteroatoms. The van der Waals surface area contributed by atoms with Crippen LogP contribution in [0.25, 0.3) is 0 Å². The molecule has 0 saturated heterocycles. The van der Waals surface area contributed by atoms with Crippen LogP contribution < -0.4 is 0 Å². The zero-order chi connectivity index (χ0) is 9.40. The number of nitrogens with zero attached hydrogens (tertiary/aromatic N) is 1. The summed E-state index contributed by atoms with van der Waals surface area (Å²) in [6.45, 7) is 1.11. The molecule has 0 saturated carbocycles. The molecule has 68 valence electrons. The minimum absolute atomic E-state index is 0.358. The average molecular weight is 283 g/mol. The second-order valence-electron chi connectivity index (χ2n) is 2.03. The van der Waals surface area contributed by atoms with Gasteiger partial charge in [-0.25, -0.2) is 4.79 Å². The van der Waals surface area contributed by atoms with Gasteiger partial charge in [-0.05, 0) is 3.93 Å². The van der Waals surface area contributed by atoms with E-state index in [2.05, 4.69) is 9.85 Å². The molecular formula is C7H10INO3. The summed E-state index contributed by atoms with van der Waals surface area (Å²) < 4.78 is 7.66. The molecule has 0 aromatic carbocycles. The number of amides is 1. The summed E-state index contributed by atoms with van der Waals surface area (Å²) in [7, 11) is 1.50. The van der Waals surface area contributed by atoms with Crippen LogP contribution in [-0.2, 0) is 4.74 Å². The standard InChI is InChI=1S/C7H10INO3/c1-9(7(10)11)4-6-12-5-2-3-8/h4-6H2,1H3,(H,10,11). The van der Waals surface area contributed by atoms with E-state index < -0.39 is 6.09 Å². The predicted molar refractivity (Wildman–Crippen MR) is 53.3 cm³/mol. The topological polar surface area (TPSA) is 49.8 Å². The Morgan fingerprint density at radius 1 is 1.75 bits per heavy atom. The molecule has 1 amide bonds. The van der Waals surface area contributed by atoms with E-state index in [1.807, 2.05) is 22.6 Å². The summed E-state index contributed by atoms with van der Waals surface area (Å²) >= 11 is 1.92. The molecular weight excluding hydrogens is 273 g/mol. The lowest BCUT2D eigenvalue weighted by atomic mass is 10.6. The van der Waals surface area contributed by atoms with Crippen molar-refractivity contribution in [1.29, 1.82) is 0 Å². The van der Waals surface area contributed by atoms with E-state index in [-0.39, 0.29) is 0 Å². The molecule has 0 aliphatic carbocycles. The molecule has 4 nitrogen and oxygen atoms in total. The molecule has 0 rings (SSSR count). The Morgan fingerprint density at radius 3 is 2.92 bits per heavy atom. The van der Waals surface area contributed by atoms with Crippen LogP contribution in [0, 0.1) is 9.85 Å². The van der Waals surface area contributed by atoms with Crippen molar-refractivity contribution in [3.8, 4) is 9.85 Å². The number of carbonyl (C=O) groups is 1. The van der Waals surface area contributed by atoms with Gasteiger partial charge >= 0.3 is 6.09 Å². The monoisotopic (exact) mass is 283 g/mol. The highest BCUT2D eigenvalue weighted by molar-refractivity contribution is 14.1. The van der Waals surface area contributed by atoms with Gasteiger partial charge in [0.2, 0.25) is 0 Å². The average Bonchev–Trinajstić information content (AvgIpc) is 2.03. The Labute approximate surface area is 85.0 Å². The summed E-state index contributed by atoms with van der Waals surface area (Å²) in [5, 5.41) is 8.43. The molecule has 0 aromatic heterocycles. The lowest BCUT2D eigenvalue weighted by Gasteiger charge is -2.11. The first-order chi connectivity index (χ1) is 5.68. The van der Waals surface area contributed by atoms with Gasteiger partial charge < -0.3 is 14.7 Å². The summed E-state index contributed by atoms with van der Waals surface area (Å²) in [4.78, 5) is 11.4. The molecule has 1 N–H and O–H groups in total. The van der Waals surface area contributed by atoms with Crippen LogP contribution >= 0.6 is 22.6 Å². The molecule has 0 unspecified atom stereocenters. The zero-order valence-corrected chi connectivity index (χ0v) is 8.87. The van der Waals surface area contributed by atoms with Crippen LogP contribution in [0.4, 0.5) is 4.79 Å². The normalized spacial score (nSPS) is 8.50. The van der Waals surface area contributed by atoms with E-state index in [1.165, 1.54) is 7.05 Å². The number of likely N-dealkylation sites (N-methyl/N-ethyl adjacent to an activating group) is 1. The third-order valence-corrected chi connectivity index (χ3v) is 1.52. The lowest BCUT2D eigenvalue weighted by Crippen LogP contribution is -2.28. The fourth-order valence-electron chi connectivity index (χ4n) is 0.448. The minimum Gasteiger partial charge on any atom is -0.465 e. The van der Waals surface area contributed by atoms with Gasteiger partial charge in [0, 0.05) is 36.2 Å². The second-order valence-corrected chi connectivity index (χ2v) is 2.57. The quantitative estimate of drug-likeness (QED) is 0.476. The van der Waals surface area contributed by atoms with Gasteiger partial charge in [0.05, 0.1) is 6.61 Å². The maximum Gasteiger partial charge on any atom is 0.407 e. The Morgan fingerprint density at radius 2 is 2.42 bits per heavy atom. The van der Waals surface area contributed by atoms with E-state index in [1.54, 1.807) is 0 Å². The van der Waals surface area contributed by atoms with E-state index in [0.717, 1.165) is 4.90 Å². The molecule has 0 spiro atoms. The smallest absolute Gasteiger partial charge is 0.407 e. The Balaban J connectivity index is 3.29. The number of hydrogen-bond donors (Lipinski definition) is 1. The first-order valence-electron chi connectivity index (χ1n) is 3.28. The van der Waals surface area contributed by atoms with Gasteiger partial charge in [0.25, 0.3) is 0 Å². The molecule has 0 aromatic rings. The van der Waals surface area contributed by atoms with E-state index >= 15 is 0 Å². The lowest BCUT2D eigenvalue weighted by molar-refractivity contribution is 0.119. The van der Waals surface area contributed by atoms with Crippen molar-refractivity contribution >= 4 is 28.7 Å². The number of ether oxygens (including phenoxy) is 1.